The van der Waals surface area contributed by atoms with Crippen molar-refractivity contribution in [1.29, 1.82) is 0 Å². The largest absolute Gasteiger partial charge is 0.354 e. The molecular formula is C31H40N4O4S. The van der Waals surface area contributed by atoms with Crippen LogP contribution in [0.1, 0.15) is 30.5 Å². The maximum Gasteiger partial charge on any atom is 0.304 e. The van der Waals surface area contributed by atoms with E-state index in [0.717, 1.165) is 25.3 Å². The summed E-state index contributed by atoms with van der Waals surface area (Å²) in [7, 11) is -1.15. The van der Waals surface area contributed by atoms with Crippen molar-refractivity contribution in [3.05, 3.63) is 102 Å². The van der Waals surface area contributed by atoms with E-state index in [4.69, 9.17) is 0 Å². The molecule has 9 heteroatoms. The van der Waals surface area contributed by atoms with E-state index in [1.54, 1.807) is 30.3 Å². The van der Waals surface area contributed by atoms with Crippen LogP contribution in [-0.4, -0.2) is 62.7 Å². The van der Waals surface area contributed by atoms with Crippen molar-refractivity contribution in [3.8, 4) is 0 Å². The first-order valence-electron chi connectivity index (χ1n) is 13.4. The van der Waals surface area contributed by atoms with Gasteiger partial charge in [-0.25, -0.2) is 4.31 Å². The summed E-state index contributed by atoms with van der Waals surface area (Å²) in [5.74, 6) is -0.530. The average Bonchev–Trinajstić information content (AvgIpc) is 2.93. The van der Waals surface area contributed by atoms with Crippen LogP contribution in [0.25, 0.3) is 0 Å². The van der Waals surface area contributed by atoms with E-state index in [1.165, 1.54) is 19.0 Å². The van der Waals surface area contributed by atoms with Gasteiger partial charge in [0.2, 0.25) is 11.8 Å². The predicted octanol–water partition coefficient (Wildman–Crippen LogP) is 4.02. The fourth-order valence-corrected chi connectivity index (χ4v) is 5.35. The Bertz CT molecular complexity index is 1360. The summed E-state index contributed by atoms with van der Waals surface area (Å²) < 4.78 is 28.9. The molecule has 0 saturated carbocycles. The summed E-state index contributed by atoms with van der Waals surface area (Å²) >= 11 is 0. The molecule has 0 radical (unpaired) electrons. The van der Waals surface area contributed by atoms with E-state index in [9.17, 15) is 18.0 Å². The van der Waals surface area contributed by atoms with Crippen LogP contribution >= 0.6 is 0 Å². The van der Waals surface area contributed by atoms with Gasteiger partial charge in [0.05, 0.1) is 5.69 Å². The molecule has 0 aliphatic heterocycles. The zero-order chi connectivity index (χ0) is 29.3. The number of para-hydroxylation sites is 1. The number of benzene rings is 3. The third kappa shape index (κ3) is 8.40. The molecule has 3 aromatic carbocycles. The number of rotatable bonds is 13. The standard InChI is InChI=1S/C31H40N4O4S/c1-24(2)21-32-31(37)29(20-26-14-8-6-9-15-26)34(22-27-16-12-13-25(3)19-27)30(36)23-35(40(38,39)33(4)5)28-17-10-7-11-18-28/h6-19,24,29H,20-23H2,1-5H3,(H,32,37). The summed E-state index contributed by atoms with van der Waals surface area (Å²) in [6.45, 7) is 6.13. The molecule has 0 saturated heterocycles. The van der Waals surface area contributed by atoms with Gasteiger partial charge >= 0.3 is 10.2 Å². The first kappa shape index (κ1) is 30.8. The molecule has 0 aliphatic carbocycles. The van der Waals surface area contributed by atoms with Gasteiger partial charge in [-0.1, -0.05) is 92.2 Å². The molecule has 3 rings (SSSR count). The Morgan fingerprint density at radius 3 is 2.02 bits per heavy atom. The highest BCUT2D eigenvalue weighted by Crippen LogP contribution is 2.22. The number of carbonyl (C=O) groups excluding carboxylic acids is 2. The lowest BCUT2D eigenvalue weighted by Gasteiger charge is -2.34. The molecule has 2 amide bonds. The van der Waals surface area contributed by atoms with Crippen LogP contribution in [0.4, 0.5) is 5.69 Å². The van der Waals surface area contributed by atoms with Crippen molar-refractivity contribution in [1.82, 2.24) is 14.5 Å². The molecule has 0 heterocycles. The molecule has 0 bridgehead atoms. The SMILES string of the molecule is Cc1cccc(CN(C(=O)CN(c2ccccc2)S(=O)(=O)N(C)C)C(Cc2ccccc2)C(=O)NCC(C)C)c1. The summed E-state index contributed by atoms with van der Waals surface area (Å²) in [6.07, 6.45) is 0.286. The Labute approximate surface area is 238 Å². The van der Waals surface area contributed by atoms with Crippen LogP contribution in [0.15, 0.2) is 84.9 Å². The van der Waals surface area contributed by atoms with E-state index in [2.05, 4.69) is 5.32 Å². The summed E-state index contributed by atoms with van der Waals surface area (Å²) in [6, 6.07) is 25.0. The molecule has 0 spiro atoms. The lowest BCUT2D eigenvalue weighted by molar-refractivity contribution is -0.140. The van der Waals surface area contributed by atoms with E-state index in [1.807, 2.05) is 75.4 Å². The predicted molar refractivity (Wildman–Crippen MR) is 160 cm³/mol. The van der Waals surface area contributed by atoms with Gasteiger partial charge in [0.1, 0.15) is 12.6 Å². The highest BCUT2D eigenvalue weighted by Gasteiger charge is 2.34. The Kier molecular flexibility index (Phi) is 10.9. The summed E-state index contributed by atoms with van der Waals surface area (Å²) in [4.78, 5) is 29.4. The van der Waals surface area contributed by atoms with Gasteiger partial charge < -0.3 is 10.2 Å². The zero-order valence-corrected chi connectivity index (χ0v) is 24.8. The Morgan fingerprint density at radius 2 is 1.45 bits per heavy atom. The third-order valence-electron chi connectivity index (χ3n) is 6.45. The number of hydrogen-bond acceptors (Lipinski definition) is 4. The van der Waals surface area contributed by atoms with Crippen molar-refractivity contribution in [2.24, 2.45) is 5.92 Å². The first-order valence-corrected chi connectivity index (χ1v) is 14.8. The highest BCUT2D eigenvalue weighted by atomic mass is 32.2. The lowest BCUT2D eigenvalue weighted by Crippen LogP contribution is -2.54. The molecule has 40 heavy (non-hydrogen) atoms. The smallest absolute Gasteiger partial charge is 0.304 e. The number of anilines is 1. The number of amides is 2. The van der Waals surface area contributed by atoms with Crippen molar-refractivity contribution in [2.75, 3.05) is 31.5 Å². The van der Waals surface area contributed by atoms with Gasteiger partial charge in [-0.3, -0.25) is 9.59 Å². The second-order valence-corrected chi connectivity index (χ2v) is 12.6. The minimum atomic E-state index is -4.01. The van der Waals surface area contributed by atoms with Crippen molar-refractivity contribution >= 4 is 27.7 Å². The number of nitrogens with zero attached hydrogens (tertiary/aromatic N) is 3. The lowest BCUT2D eigenvalue weighted by atomic mass is 10.0. The molecule has 214 valence electrons. The fraction of sp³-hybridized carbons (Fsp3) is 0.355. The van der Waals surface area contributed by atoms with Crippen molar-refractivity contribution in [2.45, 2.75) is 39.8 Å². The van der Waals surface area contributed by atoms with Gasteiger partial charge in [-0.15, -0.1) is 0 Å². The van der Waals surface area contributed by atoms with Crippen LogP contribution in [0, 0.1) is 12.8 Å². The van der Waals surface area contributed by atoms with E-state index < -0.39 is 28.7 Å². The van der Waals surface area contributed by atoms with E-state index >= 15 is 0 Å². The minimum Gasteiger partial charge on any atom is -0.354 e. The van der Waals surface area contributed by atoms with E-state index in [-0.39, 0.29) is 24.8 Å². The zero-order valence-electron chi connectivity index (χ0n) is 23.9. The first-order chi connectivity index (χ1) is 19.0. The highest BCUT2D eigenvalue weighted by molar-refractivity contribution is 7.90. The average molecular weight is 565 g/mol. The Balaban J connectivity index is 2.07. The summed E-state index contributed by atoms with van der Waals surface area (Å²) in [5, 5.41) is 3.00. The molecule has 1 atom stereocenters. The third-order valence-corrected chi connectivity index (χ3v) is 8.27. The van der Waals surface area contributed by atoms with Gasteiger partial charge in [0, 0.05) is 33.6 Å². The number of nitrogens with one attached hydrogen (secondary N) is 1. The second-order valence-electron chi connectivity index (χ2n) is 10.5. The molecular weight excluding hydrogens is 524 g/mol. The maximum atomic E-state index is 14.2. The monoisotopic (exact) mass is 564 g/mol. The van der Waals surface area contributed by atoms with Crippen LogP contribution in [0.5, 0.6) is 0 Å². The van der Waals surface area contributed by atoms with Crippen LogP contribution in [0.3, 0.4) is 0 Å². The Hall–Kier alpha value is -3.69. The topological polar surface area (TPSA) is 90.0 Å². The minimum absolute atomic E-state index is 0.151. The molecule has 1 N–H and O–H groups in total. The normalized spacial score (nSPS) is 12.3. The van der Waals surface area contributed by atoms with Crippen molar-refractivity contribution in [3.63, 3.8) is 0 Å². The summed E-state index contributed by atoms with van der Waals surface area (Å²) in [5.41, 5.74) is 3.14. The number of carbonyl (C=O) groups is 2. The number of hydrogen-bond donors (Lipinski definition) is 1. The van der Waals surface area contributed by atoms with Gasteiger partial charge in [0.25, 0.3) is 0 Å². The van der Waals surface area contributed by atoms with Gasteiger partial charge in [0.15, 0.2) is 0 Å². The molecule has 0 aromatic heterocycles. The van der Waals surface area contributed by atoms with Gasteiger partial charge in [-0.05, 0) is 36.1 Å². The Morgan fingerprint density at radius 1 is 0.850 bits per heavy atom. The van der Waals surface area contributed by atoms with E-state index in [0.29, 0.717) is 12.2 Å². The van der Waals surface area contributed by atoms with Crippen LogP contribution in [0.2, 0.25) is 0 Å². The van der Waals surface area contributed by atoms with Crippen LogP contribution < -0.4 is 9.62 Å². The number of aryl methyl sites for hydroxylation is 1. The van der Waals surface area contributed by atoms with Gasteiger partial charge in [-0.2, -0.15) is 12.7 Å². The fourth-order valence-electron chi connectivity index (χ4n) is 4.29. The molecule has 1 unspecified atom stereocenters. The molecule has 0 aliphatic rings. The molecule has 8 nitrogen and oxygen atoms in total. The quantitative estimate of drug-likeness (QED) is 0.340. The maximum absolute atomic E-state index is 14.2. The van der Waals surface area contributed by atoms with Crippen molar-refractivity contribution < 1.29 is 18.0 Å². The molecule has 3 aromatic rings. The molecule has 0 fully saturated rings. The van der Waals surface area contributed by atoms with Crippen LogP contribution in [-0.2, 0) is 32.8 Å². The second kappa shape index (κ2) is 14.1.